The number of ketones is 1. The summed E-state index contributed by atoms with van der Waals surface area (Å²) in [6.07, 6.45) is 4.85. The Morgan fingerprint density at radius 3 is 2.36 bits per heavy atom. The predicted octanol–water partition coefficient (Wildman–Crippen LogP) is 6.51. The minimum Gasteiger partial charge on any atom is -0.489 e. The predicted molar refractivity (Wildman–Crippen MR) is 159 cm³/mol. The Morgan fingerprint density at radius 1 is 1.10 bits per heavy atom. The normalized spacial score (nSPS) is 17.4. The lowest BCUT2D eigenvalue weighted by atomic mass is 9.84. The van der Waals surface area contributed by atoms with Gasteiger partial charge in [0, 0.05) is 30.3 Å². The molecular formula is C33H35ClN2O3. The molecule has 5 rings (SSSR count). The summed E-state index contributed by atoms with van der Waals surface area (Å²) in [5, 5.41) is 11.9. The van der Waals surface area contributed by atoms with Crippen molar-refractivity contribution in [2.45, 2.75) is 38.2 Å². The molecule has 2 aliphatic rings. The second-order valence-corrected chi connectivity index (χ2v) is 11.0. The Hall–Kier alpha value is -3.54. The molecule has 0 atom stereocenters. The number of piperidine rings is 1. The van der Waals surface area contributed by atoms with Gasteiger partial charge in [0.1, 0.15) is 12.4 Å². The van der Waals surface area contributed by atoms with Gasteiger partial charge in [-0.1, -0.05) is 60.7 Å². The number of anilines is 1. The van der Waals surface area contributed by atoms with Gasteiger partial charge >= 0.3 is 0 Å². The first-order valence-electron chi connectivity index (χ1n) is 13.5. The van der Waals surface area contributed by atoms with Gasteiger partial charge in [-0.25, -0.2) is 0 Å². The van der Waals surface area contributed by atoms with Crippen LogP contribution >= 0.6 is 11.6 Å². The second-order valence-electron chi connectivity index (χ2n) is 10.6. The molecule has 5 nitrogen and oxygen atoms in total. The smallest absolute Gasteiger partial charge is 0.167 e. The van der Waals surface area contributed by atoms with Crippen LogP contribution < -0.4 is 15.4 Å². The van der Waals surface area contributed by atoms with Crippen LogP contribution in [0.3, 0.4) is 0 Å². The van der Waals surface area contributed by atoms with E-state index in [4.69, 9.17) is 22.1 Å². The molecular weight excluding hydrogens is 508 g/mol. The second kappa shape index (κ2) is 11.3. The molecule has 1 aliphatic carbocycles. The summed E-state index contributed by atoms with van der Waals surface area (Å²) >= 11 is 6.45. The van der Waals surface area contributed by atoms with Crippen molar-refractivity contribution in [1.29, 1.82) is 0 Å². The summed E-state index contributed by atoms with van der Waals surface area (Å²) in [4.78, 5) is 15.4. The summed E-state index contributed by atoms with van der Waals surface area (Å²) in [5.74, 6) is 0.655. The lowest BCUT2D eigenvalue weighted by Crippen LogP contribution is -2.42. The fourth-order valence-electron chi connectivity index (χ4n) is 5.26. The Kier molecular flexibility index (Phi) is 7.83. The number of hydrogen-bond acceptors (Lipinski definition) is 5. The summed E-state index contributed by atoms with van der Waals surface area (Å²) < 4.78 is 6.06. The van der Waals surface area contributed by atoms with Crippen LogP contribution in [-0.4, -0.2) is 30.6 Å². The van der Waals surface area contributed by atoms with Crippen molar-refractivity contribution < 1.29 is 14.6 Å². The molecule has 0 bridgehead atoms. The lowest BCUT2D eigenvalue weighted by Gasteiger charge is -2.39. The van der Waals surface area contributed by atoms with E-state index in [1.165, 1.54) is 0 Å². The monoisotopic (exact) mass is 542 g/mol. The first-order chi connectivity index (χ1) is 18.8. The molecule has 1 heterocycles. The Bertz CT molecular complexity index is 1360. The van der Waals surface area contributed by atoms with Crippen LogP contribution in [0.4, 0.5) is 5.69 Å². The first-order valence-corrected chi connectivity index (χ1v) is 13.9. The summed E-state index contributed by atoms with van der Waals surface area (Å²) in [7, 11) is 0. The van der Waals surface area contributed by atoms with Gasteiger partial charge in [-0.3, -0.25) is 4.79 Å². The third kappa shape index (κ3) is 5.90. The Balaban J connectivity index is 1.27. The molecule has 0 aromatic heterocycles. The van der Waals surface area contributed by atoms with E-state index < -0.39 is 5.60 Å². The van der Waals surface area contributed by atoms with E-state index in [0.717, 1.165) is 48.3 Å². The Labute approximate surface area is 235 Å². The minimum absolute atomic E-state index is 0.00681. The van der Waals surface area contributed by atoms with E-state index in [-0.39, 0.29) is 18.3 Å². The molecule has 6 heteroatoms. The molecule has 0 unspecified atom stereocenters. The van der Waals surface area contributed by atoms with Crippen LogP contribution in [0.1, 0.15) is 47.9 Å². The summed E-state index contributed by atoms with van der Waals surface area (Å²) in [5.41, 5.74) is 11.2. The first kappa shape index (κ1) is 27.0. The van der Waals surface area contributed by atoms with E-state index in [1.807, 2.05) is 49.4 Å². The highest BCUT2D eigenvalue weighted by atomic mass is 35.5. The third-order valence-electron chi connectivity index (χ3n) is 7.92. The molecule has 3 aromatic rings. The van der Waals surface area contributed by atoms with Gasteiger partial charge in [-0.15, -0.1) is 0 Å². The topological polar surface area (TPSA) is 75.8 Å². The standard InChI is InChI=1S/C33H35ClN2O3/c1-3-23-7-13-26(14-8-23)36-19-17-33(38,18-20-36)25-11-15-27(16-12-25)39-21-28(32(37)24-9-10-24)31(35)30-22(2)5-4-6-29(30)34/h3-8,11-16,24,38H,1,9-10,17-21,35H2,2H3. The third-order valence-corrected chi connectivity index (χ3v) is 8.24. The molecule has 202 valence electrons. The van der Waals surface area contributed by atoms with E-state index in [9.17, 15) is 9.90 Å². The summed E-state index contributed by atoms with van der Waals surface area (Å²) in [6, 6.07) is 21.4. The zero-order valence-corrected chi connectivity index (χ0v) is 23.1. The van der Waals surface area contributed by atoms with Crippen LogP contribution in [0.15, 0.2) is 78.9 Å². The maximum atomic E-state index is 13.1. The van der Waals surface area contributed by atoms with Crippen molar-refractivity contribution in [3.05, 3.63) is 106 Å². The molecule has 1 saturated heterocycles. The maximum absolute atomic E-state index is 13.1. The molecule has 0 radical (unpaired) electrons. The fraction of sp³-hybridized carbons (Fsp3) is 0.303. The SMILES string of the molecule is C=Cc1ccc(N2CCC(O)(c3ccc(OCC(C(=O)C4CC4)=C(N)c4c(C)cccc4Cl)cc3)CC2)cc1. The van der Waals surface area contributed by atoms with Gasteiger partial charge in [-0.2, -0.15) is 0 Å². The molecule has 1 saturated carbocycles. The van der Waals surface area contributed by atoms with E-state index in [2.05, 4.69) is 35.7 Å². The van der Waals surface area contributed by atoms with E-state index in [0.29, 0.717) is 40.4 Å². The number of rotatable bonds is 9. The van der Waals surface area contributed by atoms with Crippen molar-refractivity contribution in [2.75, 3.05) is 24.6 Å². The highest BCUT2D eigenvalue weighted by molar-refractivity contribution is 6.32. The van der Waals surface area contributed by atoms with Crippen LogP contribution in [0, 0.1) is 12.8 Å². The largest absolute Gasteiger partial charge is 0.489 e. The highest BCUT2D eigenvalue weighted by Gasteiger charge is 2.35. The van der Waals surface area contributed by atoms with Gasteiger partial charge < -0.3 is 20.5 Å². The molecule has 0 spiro atoms. The van der Waals surface area contributed by atoms with Crippen molar-refractivity contribution in [3.63, 3.8) is 0 Å². The van der Waals surface area contributed by atoms with Crippen LogP contribution in [0.25, 0.3) is 11.8 Å². The maximum Gasteiger partial charge on any atom is 0.167 e. The number of aryl methyl sites for hydroxylation is 1. The molecule has 3 aromatic carbocycles. The van der Waals surface area contributed by atoms with Crippen LogP contribution in [0.5, 0.6) is 5.75 Å². The number of carbonyl (C=O) groups excluding carboxylic acids is 1. The minimum atomic E-state index is -0.894. The van der Waals surface area contributed by atoms with Crippen molar-refractivity contribution in [1.82, 2.24) is 0 Å². The zero-order chi connectivity index (χ0) is 27.6. The Morgan fingerprint density at radius 2 is 1.77 bits per heavy atom. The van der Waals surface area contributed by atoms with E-state index >= 15 is 0 Å². The number of hydrogen-bond donors (Lipinski definition) is 2. The van der Waals surface area contributed by atoms with Crippen molar-refractivity contribution >= 4 is 34.8 Å². The van der Waals surface area contributed by atoms with Gasteiger partial charge in [-0.05, 0) is 79.6 Å². The number of Topliss-reactive ketones (excluding diaryl/α,β-unsaturated/α-hetero) is 1. The highest BCUT2D eigenvalue weighted by Crippen LogP contribution is 2.37. The molecule has 2 fully saturated rings. The molecule has 1 aliphatic heterocycles. The number of ether oxygens (including phenoxy) is 1. The average molecular weight is 543 g/mol. The number of halogens is 1. The van der Waals surface area contributed by atoms with Gasteiger partial charge in [0.15, 0.2) is 5.78 Å². The molecule has 3 N–H and O–H groups in total. The lowest BCUT2D eigenvalue weighted by molar-refractivity contribution is -0.116. The quantitative estimate of drug-likeness (QED) is 0.301. The van der Waals surface area contributed by atoms with E-state index in [1.54, 1.807) is 6.07 Å². The van der Waals surface area contributed by atoms with Gasteiger partial charge in [0.2, 0.25) is 0 Å². The van der Waals surface area contributed by atoms with Crippen LogP contribution in [0.2, 0.25) is 5.02 Å². The number of carbonyl (C=O) groups is 1. The summed E-state index contributed by atoms with van der Waals surface area (Å²) in [6.45, 7) is 7.34. The van der Waals surface area contributed by atoms with Gasteiger partial charge in [0.05, 0.1) is 21.9 Å². The van der Waals surface area contributed by atoms with Crippen molar-refractivity contribution in [3.8, 4) is 5.75 Å². The zero-order valence-electron chi connectivity index (χ0n) is 22.3. The van der Waals surface area contributed by atoms with Crippen molar-refractivity contribution in [2.24, 2.45) is 11.7 Å². The average Bonchev–Trinajstić information content (AvgIpc) is 3.80. The fourth-order valence-corrected chi connectivity index (χ4v) is 5.58. The molecule has 0 amide bonds. The number of benzene rings is 3. The molecule has 39 heavy (non-hydrogen) atoms. The van der Waals surface area contributed by atoms with Gasteiger partial charge in [0.25, 0.3) is 0 Å². The number of nitrogens with two attached hydrogens (primary N) is 1. The number of nitrogens with zero attached hydrogens (tertiary/aromatic N) is 1. The number of aliphatic hydroxyl groups is 1. The van der Waals surface area contributed by atoms with Crippen LogP contribution in [-0.2, 0) is 10.4 Å².